The largest absolute Gasteiger partial charge is 0.325 e. The Hall–Kier alpha value is -2.33. The van der Waals surface area contributed by atoms with Crippen LogP contribution >= 0.6 is 23.4 Å². The van der Waals surface area contributed by atoms with E-state index in [4.69, 9.17) is 11.6 Å². The van der Waals surface area contributed by atoms with E-state index in [-0.39, 0.29) is 15.8 Å². The smallest absolute Gasteiger partial charge is 0.244 e. The van der Waals surface area contributed by atoms with Gasteiger partial charge < -0.3 is 9.88 Å². The lowest BCUT2D eigenvalue weighted by Gasteiger charge is -2.16. The topological polar surface area (TPSA) is 84.3 Å². The molecule has 1 atom stereocenters. The summed E-state index contributed by atoms with van der Waals surface area (Å²) >= 11 is 7.43. The highest BCUT2D eigenvalue weighted by Crippen LogP contribution is 2.30. The SMILES string of the molecule is CCn1c(-c2ccccc2)cnc1S[C@@H](C)C(=O)Nc1ccc(Cl)c(S(=O)(=O)N(C)C)c1. The highest BCUT2D eigenvalue weighted by molar-refractivity contribution is 8.00. The van der Waals surface area contributed by atoms with Crippen molar-refractivity contribution in [3.05, 3.63) is 59.8 Å². The van der Waals surface area contributed by atoms with Gasteiger partial charge in [0.15, 0.2) is 5.16 Å². The minimum Gasteiger partial charge on any atom is -0.325 e. The van der Waals surface area contributed by atoms with Crippen LogP contribution in [0, 0.1) is 0 Å². The molecule has 1 heterocycles. The van der Waals surface area contributed by atoms with Crippen LogP contribution in [0.15, 0.2) is 64.8 Å². The molecular formula is C22H25ClN4O3S2. The molecule has 3 aromatic rings. The summed E-state index contributed by atoms with van der Waals surface area (Å²) < 4.78 is 28.1. The number of aromatic nitrogens is 2. The molecule has 0 aliphatic rings. The third-order valence-corrected chi connectivity index (χ3v) is 8.21. The molecular weight excluding hydrogens is 468 g/mol. The lowest BCUT2D eigenvalue weighted by atomic mass is 10.2. The van der Waals surface area contributed by atoms with Crippen LogP contribution in [-0.4, -0.2) is 47.5 Å². The number of halogens is 1. The van der Waals surface area contributed by atoms with Gasteiger partial charge in [0.1, 0.15) is 4.90 Å². The number of nitrogens with one attached hydrogen (secondary N) is 1. The Morgan fingerprint density at radius 2 is 1.91 bits per heavy atom. The standard InChI is InChI=1S/C22H25ClN4O3S2/c1-5-27-19(16-9-7-6-8-10-16)14-24-22(27)31-15(2)21(28)25-17-11-12-18(23)20(13-17)32(29,30)26(3)4/h6-15H,5H2,1-4H3,(H,25,28)/t15-/m0/s1. The Morgan fingerprint density at radius 1 is 1.22 bits per heavy atom. The van der Waals surface area contributed by atoms with Gasteiger partial charge in [-0.15, -0.1) is 0 Å². The number of carbonyl (C=O) groups is 1. The molecule has 0 spiro atoms. The minimum atomic E-state index is -3.74. The first-order valence-electron chi connectivity index (χ1n) is 9.95. The summed E-state index contributed by atoms with van der Waals surface area (Å²) in [4.78, 5) is 17.3. The normalized spacial score (nSPS) is 12.7. The maximum Gasteiger partial charge on any atom is 0.244 e. The molecule has 1 N–H and O–H groups in total. The Labute approximate surface area is 197 Å². The lowest BCUT2D eigenvalue weighted by molar-refractivity contribution is -0.115. The highest BCUT2D eigenvalue weighted by atomic mass is 35.5. The number of benzene rings is 2. The van der Waals surface area contributed by atoms with E-state index in [1.165, 1.54) is 38.0 Å². The number of imidazole rings is 1. The van der Waals surface area contributed by atoms with Crippen LogP contribution in [0.25, 0.3) is 11.3 Å². The average Bonchev–Trinajstić information content (AvgIpc) is 3.17. The second kappa shape index (κ2) is 10.1. The highest BCUT2D eigenvalue weighted by Gasteiger charge is 2.23. The Morgan fingerprint density at radius 3 is 2.53 bits per heavy atom. The summed E-state index contributed by atoms with van der Waals surface area (Å²) in [5.74, 6) is -0.266. The van der Waals surface area contributed by atoms with E-state index in [0.29, 0.717) is 12.2 Å². The lowest BCUT2D eigenvalue weighted by Crippen LogP contribution is -2.24. The van der Waals surface area contributed by atoms with Crippen molar-refractivity contribution in [1.29, 1.82) is 0 Å². The summed E-state index contributed by atoms with van der Waals surface area (Å²) in [6.45, 7) is 4.53. The van der Waals surface area contributed by atoms with E-state index in [0.717, 1.165) is 20.7 Å². The van der Waals surface area contributed by atoms with Crippen LogP contribution in [-0.2, 0) is 21.4 Å². The van der Waals surface area contributed by atoms with Crippen LogP contribution in [0.1, 0.15) is 13.8 Å². The van der Waals surface area contributed by atoms with Gasteiger partial charge in [0.05, 0.1) is 22.2 Å². The molecule has 32 heavy (non-hydrogen) atoms. The molecule has 0 saturated heterocycles. The van der Waals surface area contributed by atoms with E-state index >= 15 is 0 Å². The molecule has 2 aromatic carbocycles. The number of amides is 1. The van der Waals surface area contributed by atoms with Gasteiger partial charge >= 0.3 is 0 Å². The fourth-order valence-electron chi connectivity index (χ4n) is 3.03. The van der Waals surface area contributed by atoms with Crippen LogP contribution < -0.4 is 5.32 Å². The van der Waals surface area contributed by atoms with Crippen LogP contribution in [0.2, 0.25) is 5.02 Å². The number of nitrogens with zero attached hydrogens (tertiary/aromatic N) is 3. The number of sulfonamides is 1. The summed E-state index contributed by atoms with van der Waals surface area (Å²) in [7, 11) is -0.884. The molecule has 0 unspecified atom stereocenters. The maximum absolute atomic E-state index is 12.8. The molecule has 3 rings (SSSR count). The summed E-state index contributed by atoms with van der Waals surface area (Å²) in [5, 5.41) is 3.15. The zero-order valence-electron chi connectivity index (χ0n) is 18.2. The van der Waals surface area contributed by atoms with Crippen molar-refractivity contribution >= 4 is 45.0 Å². The third-order valence-electron chi connectivity index (χ3n) is 4.81. The molecule has 10 heteroatoms. The number of hydrogen-bond acceptors (Lipinski definition) is 5. The van der Waals surface area contributed by atoms with Crippen molar-refractivity contribution in [2.24, 2.45) is 0 Å². The molecule has 1 aromatic heterocycles. The van der Waals surface area contributed by atoms with Crippen molar-refractivity contribution < 1.29 is 13.2 Å². The average molecular weight is 493 g/mol. The second-order valence-corrected chi connectivity index (χ2v) is 11.1. The Balaban J connectivity index is 1.77. The maximum atomic E-state index is 12.8. The van der Waals surface area contributed by atoms with Gasteiger partial charge in [0.25, 0.3) is 0 Å². The molecule has 170 valence electrons. The number of thioether (sulfide) groups is 1. The number of rotatable bonds is 8. The molecule has 0 bridgehead atoms. The van der Waals surface area contributed by atoms with Gasteiger partial charge in [-0.05, 0) is 37.6 Å². The van der Waals surface area contributed by atoms with E-state index in [1.807, 2.05) is 43.5 Å². The van der Waals surface area contributed by atoms with Gasteiger partial charge in [-0.2, -0.15) is 0 Å². The first-order chi connectivity index (χ1) is 15.1. The quantitative estimate of drug-likeness (QED) is 0.465. The zero-order chi connectivity index (χ0) is 23.5. The number of hydrogen-bond donors (Lipinski definition) is 1. The van der Waals surface area contributed by atoms with E-state index in [1.54, 1.807) is 13.0 Å². The van der Waals surface area contributed by atoms with Crippen molar-refractivity contribution in [3.8, 4) is 11.3 Å². The van der Waals surface area contributed by atoms with Gasteiger partial charge in [0, 0.05) is 26.3 Å². The van der Waals surface area contributed by atoms with Crippen molar-refractivity contribution in [3.63, 3.8) is 0 Å². The van der Waals surface area contributed by atoms with Crippen LogP contribution in [0.5, 0.6) is 0 Å². The fourth-order valence-corrected chi connectivity index (χ4v) is 5.37. The van der Waals surface area contributed by atoms with Crippen LogP contribution in [0.3, 0.4) is 0 Å². The molecule has 0 saturated carbocycles. The minimum absolute atomic E-state index is 0.0590. The van der Waals surface area contributed by atoms with Gasteiger partial charge in [-0.25, -0.2) is 17.7 Å². The van der Waals surface area contributed by atoms with Gasteiger partial charge in [0.2, 0.25) is 15.9 Å². The fraction of sp³-hybridized carbons (Fsp3) is 0.273. The number of carbonyl (C=O) groups excluding carboxylic acids is 1. The predicted molar refractivity (Wildman–Crippen MR) is 130 cm³/mol. The van der Waals surface area contributed by atoms with E-state index < -0.39 is 15.3 Å². The number of anilines is 1. The predicted octanol–water partition coefficient (Wildman–Crippen LogP) is 4.59. The van der Waals surface area contributed by atoms with E-state index in [2.05, 4.69) is 14.9 Å². The zero-order valence-corrected chi connectivity index (χ0v) is 20.6. The summed E-state index contributed by atoms with van der Waals surface area (Å²) in [6.07, 6.45) is 1.81. The Bertz CT molecular complexity index is 1210. The van der Waals surface area contributed by atoms with Gasteiger partial charge in [-0.1, -0.05) is 53.7 Å². The molecule has 1 amide bonds. The van der Waals surface area contributed by atoms with Crippen molar-refractivity contribution in [2.45, 2.75) is 35.7 Å². The van der Waals surface area contributed by atoms with E-state index in [9.17, 15) is 13.2 Å². The molecule has 7 nitrogen and oxygen atoms in total. The molecule has 0 fully saturated rings. The van der Waals surface area contributed by atoms with Crippen LogP contribution in [0.4, 0.5) is 5.69 Å². The molecule has 0 radical (unpaired) electrons. The van der Waals surface area contributed by atoms with Crippen molar-refractivity contribution in [1.82, 2.24) is 13.9 Å². The van der Waals surface area contributed by atoms with Gasteiger partial charge in [-0.3, -0.25) is 4.79 Å². The summed E-state index contributed by atoms with van der Waals surface area (Å²) in [5.41, 5.74) is 2.40. The Kier molecular flexibility index (Phi) is 7.66. The first-order valence-corrected chi connectivity index (χ1v) is 12.7. The molecule has 0 aliphatic carbocycles. The third kappa shape index (κ3) is 5.17. The monoisotopic (exact) mass is 492 g/mol. The summed E-state index contributed by atoms with van der Waals surface area (Å²) in [6, 6.07) is 14.4. The van der Waals surface area contributed by atoms with Crippen molar-refractivity contribution in [2.75, 3.05) is 19.4 Å². The molecule has 0 aliphatic heterocycles. The second-order valence-electron chi connectivity index (χ2n) is 7.22. The first kappa shape index (κ1) is 24.3.